The zero-order valence-electron chi connectivity index (χ0n) is 12.5. The summed E-state index contributed by atoms with van der Waals surface area (Å²) in [5.41, 5.74) is 5.20. The van der Waals surface area contributed by atoms with Gasteiger partial charge in [-0.3, -0.25) is 20.4 Å². The molecule has 124 valence electrons. The number of ether oxygens (including phenoxy) is 1. The third kappa shape index (κ3) is 3.49. The Bertz CT molecular complexity index is 797. The van der Waals surface area contributed by atoms with Crippen molar-refractivity contribution in [2.24, 2.45) is 5.92 Å². The summed E-state index contributed by atoms with van der Waals surface area (Å²) in [6, 6.07) is 10.7. The summed E-state index contributed by atoms with van der Waals surface area (Å²) in [5, 5.41) is 0.561. The number of hydrogen-bond acceptors (Lipinski definition) is 3. The normalized spacial score (nSPS) is 15.8. The van der Waals surface area contributed by atoms with Gasteiger partial charge in [0.2, 0.25) is 5.91 Å². The number of hydrazine groups is 1. The Morgan fingerprint density at radius 2 is 1.96 bits per heavy atom. The van der Waals surface area contributed by atoms with Crippen molar-refractivity contribution in [2.75, 3.05) is 6.61 Å². The summed E-state index contributed by atoms with van der Waals surface area (Å²) >= 11 is 5.94. The molecule has 2 aromatic carbocycles. The molecular formula is C17H14ClFN2O3. The number of rotatable bonds is 2. The topological polar surface area (TPSA) is 67.4 Å². The highest BCUT2D eigenvalue weighted by atomic mass is 35.5. The molecule has 0 aromatic heterocycles. The minimum absolute atomic E-state index is 0.144. The number of fused-ring (bicyclic) bond motifs is 1. The average molecular weight is 349 g/mol. The first-order valence-corrected chi connectivity index (χ1v) is 7.68. The molecule has 1 atom stereocenters. The third-order valence-corrected chi connectivity index (χ3v) is 3.95. The largest absolute Gasteiger partial charge is 0.492 e. The number of amides is 2. The summed E-state index contributed by atoms with van der Waals surface area (Å²) in [6.07, 6.45) is 0.442. The van der Waals surface area contributed by atoms with Crippen molar-refractivity contribution in [1.29, 1.82) is 0 Å². The molecule has 1 heterocycles. The van der Waals surface area contributed by atoms with Gasteiger partial charge in [-0.05, 0) is 42.3 Å². The molecule has 24 heavy (non-hydrogen) atoms. The zero-order chi connectivity index (χ0) is 17.1. The van der Waals surface area contributed by atoms with Gasteiger partial charge in [0.25, 0.3) is 5.91 Å². The fraction of sp³-hybridized carbons (Fsp3) is 0.176. The number of hydrogen-bond donors (Lipinski definition) is 2. The van der Waals surface area contributed by atoms with E-state index < -0.39 is 23.5 Å². The molecule has 0 spiro atoms. The molecule has 7 heteroatoms. The second-order valence-corrected chi connectivity index (χ2v) is 5.82. The van der Waals surface area contributed by atoms with Gasteiger partial charge in [-0.25, -0.2) is 4.39 Å². The standard InChI is InChI=1S/C17H14ClFN2O3/c18-12-5-6-15-10(8-12)7-11(9-24-15)16(22)20-21-17(23)13-3-1-2-4-14(13)19/h1-6,8,11H,7,9H2,(H,20,22)(H,21,23)/t11-/m1/s1. The lowest BCUT2D eigenvalue weighted by Gasteiger charge is -2.24. The van der Waals surface area contributed by atoms with Crippen LogP contribution in [0, 0.1) is 11.7 Å². The van der Waals surface area contributed by atoms with E-state index in [0.29, 0.717) is 17.2 Å². The highest BCUT2D eigenvalue weighted by Crippen LogP contribution is 2.29. The maximum Gasteiger partial charge on any atom is 0.272 e. The van der Waals surface area contributed by atoms with E-state index in [9.17, 15) is 14.0 Å². The van der Waals surface area contributed by atoms with Crippen LogP contribution in [0.1, 0.15) is 15.9 Å². The Kier molecular flexibility index (Phi) is 4.66. The molecule has 2 aromatic rings. The first-order chi connectivity index (χ1) is 11.5. The first kappa shape index (κ1) is 16.3. The van der Waals surface area contributed by atoms with E-state index >= 15 is 0 Å². The van der Waals surface area contributed by atoms with Crippen LogP contribution in [0.25, 0.3) is 0 Å². The highest BCUT2D eigenvalue weighted by molar-refractivity contribution is 6.30. The minimum Gasteiger partial charge on any atom is -0.492 e. The Balaban J connectivity index is 1.60. The molecule has 3 rings (SSSR count). The number of nitrogens with one attached hydrogen (secondary N) is 2. The van der Waals surface area contributed by atoms with Gasteiger partial charge in [-0.1, -0.05) is 23.7 Å². The summed E-state index contributed by atoms with van der Waals surface area (Å²) in [5.74, 6) is -1.57. The molecule has 5 nitrogen and oxygen atoms in total. The maximum atomic E-state index is 13.5. The molecule has 2 N–H and O–H groups in total. The van der Waals surface area contributed by atoms with Gasteiger partial charge in [0.15, 0.2) is 0 Å². The van der Waals surface area contributed by atoms with Crippen molar-refractivity contribution >= 4 is 23.4 Å². The van der Waals surface area contributed by atoms with Gasteiger partial charge in [0, 0.05) is 5.02 Å². The van der Waals surface area contributed by atoms with E-state index in [0.717, 1.165) is 5.56 Å². The number of carbonyl (C=O) groups excluding carboxylic acids is 2. The van der Waals surface area contributed by atoms with Gasteiger partial charge in [-0.15, -0.1) is 0 Å². The number of carbonyl (C=O) groups is 2. The van der Waals surface area contributed by atoms with Gasteiger partial charge >= 0.3 is 0 Å². The van der Waals surface area contributed by atoms with Crippen molar-refractivity contribution in [3.05, 3.63) is 64.4 Å². The van der Waals surface area contributed by atoms with Crippen LogP contribution in [-0.2, 0) is 11.2 Å². The van der Waals surface area contributed by atoms with E-state index in [1.54, 1.807) is 18.2 Å². The van der Waals surface area contributed by atoms with Crippen LogP contribution in [0.5, 0.6) is 5.75 Å². The van der Waals surface area contributed by atoms with Gasteiger partial charge < -0.3 is 4.74 Å². The van der Waals surface area contributed by atoms with Crippen LogP contribution >= 0.6 is 11.6 Å². The van der Waals surface area contributed by atoms with E-state index in [4.69, 9.17) is 16.3 Å². The summed E-state index contributed by atoms with van der Waals surface area (Å²) < 4.78 is 19.0. The van der Waals surface area contributed by atoms with Crippen LogP contribution in [0.15, 0.2) is 42.5 Å². The molecule has 0 fully saturated rings. The first-order valence-electron chi connectivity index (χ1n) is 7.30. The third-order valence-electron chi connectivity index (χ3n) is 3.72. The van der Waals surface area contributed by atoms with E-state index in [-0.39, 0.29) is 12.2 Å². The lowest BCUT2D eigenvalue weighted by Crippen LogP contribution is -2.47. The zero-order valence-corrected chi connectivity index (χ0v) is 13.3. The monoisotopic (exact) mass is 348 g/mol. The molecule has 0 radical (unpaired) electrons. The Morgan fingerprint density at radius 3 is 2.75 bits per heavy atom. The second kappa shape index (κ2) is 6.88. The molecule has 2 amide bonds. The van der Waals surface area contributed by atoms with Crippen LogP contribution in [0.2, 0.25) is 5.02 Å². The maximum absolute atomic E-state index is 13.5. The smallest absolute Gasteiger partial charge is 0.272 e. The lowest BCUT2D eigenvalue weighted by atomic mass is 9.96. The number of benzene rings is 2. The van der Waals surface area contributed by atoms with Crippen LogP contribution in [0.3, 0.4) is 0 Å². The van der Waals surface area contributed by atoms with Gasteiger partial charge in [-0.2, -0.15) is 0 Å². The van der Waals surface area contributed by atoms with Crippen molar-refractivity contribution in [3.63, 3.8) is 0 Å². The lowest BCUT2D eigenvalue weighted by molar-refractivity contribution is -0.127. The van der Waals surface area contributed by atoms with Crippen molar-refractivity contribution in [2.45, 2.75) is 6.42 Å². The average Bonchev–Trinajstić information content (AvgIpc) is 2.59. The fourth-order valence-corrected chi connectivity index (χ4v) is 2.66. The highest BCUT2D eigenvalue weighted by Gasteiger charge is 2.26. The van der Waals surface area contributed by atoms with Crippen molar-refractivity contribution in [1.82, 2.24) is 10.9 Å². The summed E-state index contributed by atoms with van der Waals surface area (Å²) in [6.45, 7) is 0.191. The molecule has 0 saturated heterocycles. The molecule has 1 aliphatic rings. The molecule has 0 saturated carbocycles. The quantitative estimate of drug-likeness (QED) is 0.819. The van der Waals surface area contributed by atoms with Gasteiger partial charge in [0.1, 0.15) is 18.2 Å². The second-order valence-electron chi connectivity index (χ2n) is 5.39. The predicted octanol–water partition coefficient (Wildman–Crippen LogP) is 2.49. The van der Waals surface area contributed by atoms with E-state index in [1.807, 2.05) is 0 Å². The Morgan fingerprint density at radius 1 is 1.17 bits per heavy atom. The molecule has 0 bridgehead atoms. The Hall–Kier alpha value is -2.60. The molecule has 0 unspecified atom stereocenters. The van der Waals surface area contributed by atoms with E-state index in [1.165, 1.54) is 24.3 Å². The Labute approximate surface area is 142 Å². The van der Waals surface area contributed by atoms with Crippen molar-refractivity contribution in [3.8, 4) is 5.75 Å². The SMILES string of the molecule is O=C(NNC(=O)[C@H]1COc2ccc(Cl)cc2C1)c1ccccc1F. The summed E-state index contributed by atoms with van der Waals surface area (Å²) in [4.78, 5) is 24.1. The number of halogens is 2. The molecule has 0 aliphatic carbocycles. The van der Waals surface area contributed by atoms with Crippen LogP contribution in [0.4, 0.5) is 4.39 Å². The van der Waals surface area contributed by atoms with E-state index in [2.05, 4.69) is 10.9 Å². The summed E-state index contributed by atoms with van der Waals surface area (Å²) in [7, 11) is 0. The van der Waals surface area contributed by atoms with Crippen LogP contribution < -0.4 is 15.6 Å². The molecular weight excluding hydrogens is 335 g/mol. The predicted molar refractivity (Wildman–Crippen MR) is 86.1 cm³/mol. The fourth-order valence-electron chi connectivity index (χ4n) is 2.46. The van der Waals surface area contributed by atoms with Crippen LogP contribution in [-0.4, -0.2) is 18.4 Å². The minimum atomic E-state index is -0.721. The van der Waals surface area contributed by atoms with Crippen molar-refractivity contribution < 1.29 is 18.7 Å². The van der Waals surface area contributed by atoms with Gasteiger partial charge in [0.05, 0.1) is 11.5 Å². The molecule has 1 aliphatic heterocycles.